The molecule has 0 radical (unpaired) electrons. The van der Waals surface area contributed by atoms with Gasteiger partial charge in [-0.15, -0.1) is 0 Å². The summed E-state index contributed by atoms with van der Waals surface area (Å²) in [7, 11) is 3.99. The van der Waals surface area contributed by atoms with Crippen LogP contribution in [0.15, 0.2) is 24.3 Å². The SMILES string of the molecule is CN(C)c1ccc(CC(N)CCC(=O)O)cc1. The monoisotopic (exact) mass is 236 g/mol. The minimum absolute atomic E-state index is 0.0868. The standard InChI is InChI=1S/C13H20N2O2/c1-15(2)12-6-3-10(4-7-12)9-11(14)5-8-13(16)17/h3-4,6-7,11H,5,8-9,14H2,1-2H3,(H,16,17). The molecule has 1 rings (SSSR count). The maximum Gasteiger partial charge on any atom is 0.303 e. The van der Waals surface area contributed by atoms with Gasteiger partial charge in [0.1, 0.15) is 0 Å². The van der Waals surface area contributed by atoms with Crippen molar-refractivity contribution in [1.29, 1.82) is 0 Å². The molecule has 1 aromatic rings. The summed E-state index contributed by atoms with van der Waals surface area (Å²) in [6.45, 7) is 0. The van der Waals surface area contributed by atoms with Crippen LogP contribution in [0.4, 0.5) is 5.69 Å². The average molecular weight is 236 g/mol. The number of hydrogen-bond donors (Lipinski definition) is 2. The molecule has 17 heavy (non-hydrogen) atoms. The maximum atomic E-state index is 10.4. The highest BCUT2D eigenvalue weighted by molar-refractivity contribution is 5.66. The zero-order chi connectivity index (χ0) is 12.8. The van der Waals surface area contributed by atoms with Crippen LogP contribution in [-0.4, -0.2) is 31.2 Å². The fourth-order valence-electron chi connectivity index (χ4n) is 1.64. The number of carboxylic acids is 1. The summed E-state index contributed by atoms with van der Waals surface area (Å²) >= 11 is 0. The summed E-state index contributed by atoms with van der Waals surface area (Å²) in [6.07, 6.45) is 1.38. The van der Waals surface area contributed by atoms with Crippen LogP contribution in [0.25, 0.3) is 0 Å². The highest BCUT2D eigenvalue weighted by Gasteiger charge is 2.07. The van der Waals surface area contributed by atoms with E-state index in [9.17, 15) is 4.79 Å². The third-order valence-corrected chi connectivity index (χ3v) is 2.68. The molecule has 4 nitrogen and oxygen atoms in total. The highest BCUT2D eigenvalue weighted by atomic mass is 16.4. The van der Waals surface area contributed by atoms with Crippen molar-refractivity contribution in [2.75, 3.05) is 19.0 Å². The first kappa shape index (κ1) is 13.5. The molecule has 0 aliphatic heterocycles. The van der Waals surface area contributed by atoms with Crippen LogP contribution in [-0.2, 0) is 11.2 Å². The number of nitrogens with two attached hydrogens (primary N) is 1. The van der Waals surface area contributed by atoms with Gasteiger partial charge in [-0.05, 0) is 30.5 Å². The molecule has 0 aromatic heterocycles. The van der Waals surface area contributed by atoms with Crippen LogP contribution in [0.2, 0.25) is 0 Å². The number of carbonyl (C=O) groups is 1. The molecule has 0 aliphatic rings. The van der Waals surface area contributed by atoms with Gasteiger partial charge in [-0.3, -0.25) is 4.79 Å². The van der Waals surface area contributed by atoms with Gasteiger partial charge in [0.05, 0.1) is 0 Å². The lowest BCUT2D eigenvalue weighted by Gasteiger charge is -2.14. The van der Waals surface area contributed by atoms with Gasteiger partial charge < -0.3 is 15.7 Å². The number of anilines is 1. The van der Waals surface area contributed by atoms with Gasteiger partial charge in [-0.2, -0.15) is 0 Å². The molecular weight excluding hydrogens is 216 g/mol. The lowest BCUT2D eigenvalue weighted by atomic mass is 10.0. The molecule has 0 bridgehead atoms. The first-order valence-corrected chi connectivity index (χ1v) is 5.72. The molecule has 1 aromatic carbocycles. The summed E-state index contributed by atoms with van der Waals surface area (Å²) in [5, 5.41) is 8.56. The van der Waals surface area contributed by atoms with Gasteiger partial charge in [-0.25, -0.2) is 0 Å². The zero-order valence-corrected chi connectivity index (χ0v) is 10.4. The number of nitrogens with zero attached hydrogens (tertiary/aromatic N) is 1. The summed E-state index contributed by atoms with van der Waals surface area (Å²) in [5.74, 6) is -0.789. The Morgan fingerprint density at radius 1 is 1.35 bits per heavy atom. The van der Waals surface area contributed by atoms with E-state index in [0.29, 0.717) is 6.42 Å². The van der Waals surface area contributed by atoms with Gasteiger partial charge in [0.2, 0.25) is 0 Å². The van der Waals surface area contributed by atoms with Gasteiger partial charge in [0.15, 0.2) is 0 Å². The van der Waals surface area contributed by atoms with Crippen molar-refractivity contribution in [3.05, 3.63) is 29.8 Å². The van der Waals surface area contributed by atoms with Crippen molar-refractivity contribution in [2.24, 2.45) is 5.73 Å². The van der Waals surface area contributed by atoms with E-state index in [1.54, 1.807) is 0 Å². The van der Waals surface area contributed by atoms with E-state index in [4.69, 9.17) is 10.8 Å². The highest BCUT2D eigenvalue weighted by Crippen LogP contribution is 2.14. The van der Waals surface area contributed by atoms with Crippen LogP contribution >= 0.6 is 0 Å². The second-order valence-electron chi connectivity index (χ2n) is 4.46. The molecule has 0 aliphatic carbocycles. The van der Waals surface area contributed by atoms with Gasteiger partial charge >= 0.3 is 5.97 Å². The average Bonchev–Trinajstić information content (AvgIpc) is 2.27. The minimum atomic E-state index is -0.789. The Morgan fingerprint density at radius 3 is 2.41 bits per heavy atom. The van der Waals surface area contributed by atoms with Crippen molar-refractivity contribution in [1.82, 2.24) is 0 Å². The normalized spacial score (nSPS) is 12.2. The van der Waals surface area contributed by atoms with E-state index in [-0.39, 0.29) is 12.5 Å². The van der Waals surface area contributed by atoms with Crippen molar-refractivity contribution >= 4 is 11.7 Å². The Bertz CT molecular complexity index is 360. The predicted octanol–water partition coefficient (Wildman–Crippen LogP) is 1.49. The van der Waals surface area contributed by atoms with Crippen LogP contribution < -0.4 is 10.6 Å². The third-order valence-electron chi connectivity index (χ3n) is 2.68. The molecule has 3 N–H and O–H groups in total. The molecular formula is C13H20N2O2. The molecule has 0 fully saturated rings. The number of hydrogen-bond acceptors (Lipinski definition) is 3. The maximum absolute atomic E-state index is 10.4. The van der Waals surface area contributed by atoms with Gasteiger partial charge in [0.25, 0.3) is 0 Å². The quantitative estimate of drug-likeness (QED) is 0.785. The van der Waals surface area contributed by atoms with Gasteiger partial charge in [-0.1, -0.05) is 12.1 Å². The number of aliphatic carboxylic acids is 1. The fourth-order valence-corrected chi connectivity index (χ4v) is 1.64. The molecule has 1 unspecified atom stereocenters. The Hall–Kier alpha value is -1.55. The van der Waals surface area contributed by atoms with E-state index in [1.807, 2.05) is 43.3 Å². The number of carboxylic acid groups (broad SMARTS) is 1. The van der Waals surface area contributed by atoms with Crippen LogP contribution in [0, 0.1) is 0 Å². The molecule has 0 saturated carbocycles. The first-order valence-electron chi connectivity index (χ1n) is 5.72. The summed E-state index contributed by atoms with van der Waals surface area (Å²) in [4.78, 5) is 12.5. The number of rotatable bonds is 6. The Kier molecular flexibility index (Phi) is 4.97. The Morgan fingerprint density at radius 2 is 1.94 bits per heavy atom. The molecule has 4 heteroatoms. The fraction of sp³-hybridized carbons (Fsp3) is 0.462. The van der Waals surface area contributed by atoms with Crippen LogP contribution in [0.5, 0.6) is 0 Å². The topological polar surface area (TPSA) is 66.6 Å². The Balaban J connectivity index is 2.48. The van der Waals surface area contributed by atoms with Crippen LogP contribution in [0.1, 0.15) is 18.4 Å². The van der Waals surface area contributed by atoms with E-state index < -0.39 is 5.97 Å². The second kappa shape index (κ2) is 6.25. The number of benzene rings is 1. The smallest absolute Gasteiger partial charge is 0.303 e. The van der Waals surface area contributed by atoms with Gasteiger partial charge in [0, 0.05) is 32.2 Å². The van der Waals surface area contributed by atoms with E-state index in [0.717, 1.165) is 17.7 Å². The van der Waals surface area contributed by atoms with Crippen molar-refractivity contribution < 1.29 is 9.90 Å². The third kappa shape index (κ3) is 4.87. The van der Waals surface area contributed by atoms with Crippen LogP contribution in [0.3, 0.4) is 0 Å². The van der Waals surface area contributed by atoms with Crippen molar-refractivity contribution in [3.8, 4) is 0 Å². The molecule has 94 valence electrons. The second-order valence-corrected chi connectivity index (χ2v) is 4.46. The molecule has 0 spiro atoms. The first-order chi connectivity index (χ1) is 7.99. The largest absolute Gasteiger partial charge is 0.481 e. The lowest BCUT2D eigenvalue weighted by Crippen LogP contribution is -2.23. The summed E-state index contributed by atoms with van der Waals surface area (Å²) in [6, 6.07) is 8.07. The summed E-state index contributed by atoms with van der Waals surface area (Å²) in [5.41, 5.74) is 8.17. The molecule has 0 heterocycles. The predicted molar refractivity (Wildman–Crippen MR) is 69.3 cm³/mol. The molecule has 0 saturated heterocycles. The lowest BCUT2D eigenvalue weighted by molar-refractivity contribution is -0.137. The van der Waals surface area contributed by atoms with Crippen molar-refractivity contribution in [2.45, 2.75) is 25.3 Å². The summed E-state index contributed by atoms with van der Waals surface area (Å²) < 4.78 is 0. The van der Waals surface area contributed by atoms with E-state index in [1.165, 1.54) is 0 Å². The van der Waals surface area contributed by atoms with E-state index >= 15 is 0 Å². The zero-order valence-electron chi connectivity index (χ0n) is 10.4. The Labute approximate surface area is 102 Å². The van der Waals surface area contributed by atoms with E-state index in [2.05, 4.69) is 0 Å². The molecule has 1 atom stereocenters. The van der Waals surface area contributed by atoms with Crippen molar-refractivity contribution in [3.63, 3.8) is 0 Å². The molecule has 0 amide bonds. The minimum Gasteiger partial charge on any atom is -0.481 e.